The summed E-state index contributed by atoms with van der Waals surface area (Å²) in [6.07, 6.45) is 3.62. The van der Waals surface area contributed by atoms with E-state index < -0.39 is 0 Å². The van der Waals surface area contributed by atoms with Crippen molar-refractivity contribution in [3.8, 4) is 6.07 Å². The minimum absolute atomic E-state index is 0.629. The van der Waals surface area contributed by atoms with E-state index in [0.717, 1.165) is 15.9 Å². The quantitative estimate of drug-likeness (QED) is 0.793. The fraction of sp³-hybridized carbons (Fsp3) is 0.182. The average molecular weight is 230 g/mol. The van der Waals surface area contributed by atoms with Crippen molar-refractivity contribution in [1.82, 2.24) is 14.5 Å². The highest BCUT2D eigenvalue weighted by atomic mass is 32.2. The molecule has 0 aliphatic carbocycles. The van der Waals surface area contributed by atoms with Crippen LogP contribution in [-0.2, 0) is 7.05 Å². The van der Waals surface area contributed by atoms with Crippen LogP contribution in [0.2, 0.25) is 0 Å². The normalized spacial score (nSPS) is 10.1. The van der Waals surface area contributed by atoms with E-state index in [2.05, 4.69) is 16.0 Å². The van der Waals surface area contributed by atoms with Crippen molar-refractivity contribution in [2.24, 2.45) is 7.05 Å². The molecule has 0 aliphatic rings. The second-order valence-electron chi connectivity index (χ2n) is 3.37. The minimum Gasteiger partial charge on any atom is -0.329 e. The lowest BCUT2D eigenvalue weighted by atomic mass is 10.2. The SMILES string of the molecule is Cc1cc(C#N)cc(Sc2nccn2C)n1. The summed E-state index contributed by atoms with van der Waals surface area (Å²) in [6, 6.07) is 5.66. The van der Waals surface area contributed by atoms with Crippen LogP contribution in [0.25, 0.3) is 0 Å². The molecule has 0 bridgehead atoms. The number of nitrogens with zero attached hydrogens (tertiary/aromatic N) is 4. The molecule has 2 rings (SSSR count). The molecule has 0 atom stereocenters. The molecule has 2 aromatic rings. The van der Waals surface area contributed by atoms with Gasteiger partial charge in [0.05, 0.1) is 11.6 Å². The second-order valence-corrected chi connectivity index (χ2v) is 4.36. The van der Waals surface area contributed by atoms with Crippen molar-refractivity contribution in [3.05, 3.63) is 35.8 Å². The Kier molecular flexibility index (Phi) is 2.93. The van der Waals surface area contributed by atoms with Crippen LogP contribution in [0, 0.1) is 18.3 Å². The van der Waals surface area contributed by atoms with E-state index in [1.807, 2.05) is 24.7 Å². The average Bonchev–Trinajstić information content (AvgIpc) is 2.63. The predicted molar refractivity (Wildman–Crippen MR) is 61.0 cm³/mol. The van der Waals surface area contributed by atoms with Crippen molar-refractivity contribution in [3.63, 3.8) is 0 Å². The monoisotopic (exact) mass is 230 g/mol. The highest BCUT2D eigenvalue weighted by Crippen LogP contribution is 2.24. The molecule has 2 aromatic heterocycles. The van der Waals surface area contributed by atoms with Crippen LogP contribution >= 0.6 is 11.8 Å². The van der Waals surface area contributed by atoms with Crippen molar-refractivity contribution in [1.29, 1.82) is 5.26 Å². The summed E-state index contributed by atoms with van der Waals surface area (Å²) in [4.78, 5) is 8.56. The van der Waals surface area contributed by atoms with Gasteiger partial charge in [0.25, 0.3) is 0 Å². The second kappa shape index (κ2) is 4.37. The molecule has 0 radical (unpaired) electrons. The molecule has 80 valence electrons. The van der Waals surface area contributed by atoms with E-state index in [1.54, 1.807) is 18.3 Å². The van der Waals surface area contributed by atoms with Crippen LogP contribution in [0.4, 0.5) is 0 Å². The maximum Gasteiger partial charge on any atom is 0.174 e. The molecule has 0 fully saturated rings. The number of nitriles is 1. The summed E-state index contributed by atoms with van der Waals surface area (Å²) in [5.41, 5.74) is 1.47. The fourth-order valence-electron chi connectivity index (χ4n) is 1.30. The number of rotatable bonds is 2. The van der Waals surface area contributed by atoms with Crippen molar-refractivity contribution >= 4 is 11.8 Å². The first-order chi connectivity index (χ1) is 7.69. The lowest BCUT2D eigenvalue weighted by molar-refractivity contribution is 0.788. The van der Waals surface area contributed by atoms with Crippen molar-refractivity contribution in [2.75, 3.05) is 0 Å². The van der Waals surface area contributed by atoms with Crippen molar-refractivity contribution < 1.29 is 0 Å². The van der Waals surface area contributed by atoms with Gasteiger partial charge in [-0.15, -0.1) is 0 Å². The topological polar surface area (TPSA) is 54.5 Å². The van der Waals surface area contributed by atoms with Crippen LogP contribution in [0.1, 0.15) is 11.3 Å². The predicted octanol–water partition coefficient (Wildman–Crippen LogP) is 2.15. The lowest BCUT2D eigenvalue weighted by Crippen LogP contribution is -1.92. The van der Waals surface area contributed by atoms with E-state index in [9.17, 15) is 0 Å². The van der Waals surface area contributed by atoms with Crippen LogP contribution in [0.15, 0.2) is 34.7 Å². The molecule has 4 nitrogen and oxygen atoms in total. The van der Waals surface area contributed by atoms with Gasteiger partial charge in [-0.2, -0.15) is 5.26 Å². The van der Waals surface area contributed by atoms with Crippen molar-refractivity contribution in [2.45, 2.75) is 17.1 Å². The third-order valence-corrected chi connectivity index (χ3v) is 3.03. The summed E-state index contributed by atoms with van der Waals surface area (Å²) in [5.74, 6) is 0. The summed E-state index contributed by atoms with van der Waals surface area (Å²) < 4.78 is 1.92. The molecule has 16 heavy (non-hydrogen) atoms. The largest absolute Gasteiger partial charge is 0.329 e. The third-order valence-electron chi connectivity index (χ3n) is 2.03. The number of hydrogen-bond donors (Lipinski definition) is 0. The molecule has 0 aromatic carbocycles. The Bertz CT molecular complexity index is 553. The highest BCUT2D eigenvalue weighted by Gasteiger charge is 2.05. The van der Waals surface area contributed by atoms with Gasteiger partial charge in [0, 0.05) is 25.1 Å². The molecule has 2 heterocycles. The molecule has 0 saturated heterocycles. The van der Waals surface area contributed by atoms with Crippen LogP contribution in [0.3, 0.4) is 0 Å². The van der Waals surface area contributed by atoms with E-state index in [0.29, 0.717) is 5.56 Å². The Hall–Kier alpha value is -1.80. The van der Waals surface area contributed by atoms with E-state index in [-0.39, 0.29) is 0 Å². The van der Waals surface area contributed by atoms with Gasteiger partial charge in [-0.3, -0.25) is 0 Å². The summed E-state index contributed by atoms with van der Waals surface area (Å²) in [6.45, 7) is 1.88. The Balaban J connectivity index is 2.32. The number of aryl methyl sites for hydroxylation is 2. The molecule has 5 heteroatoms. The van der Waals surface area contributed by atoms with Crippen LogP contribution in [0.5, 0.6) is 0 Å². The summed E-state index contributed by atoms with van der Waals surface area (Å²) in [5, 5.41) is 10.5. The van der Waals surface area contributed by atoms with Gasteiger partial charge in [-0.1, -0.05) is 0 Å². The fourth-order valence-corrected chi connectivity index (χ4v) is 2.18. The zero-order valence-electron chi connectivity index (χ0n) is 9.01. The Labute approximate surface area is 98.0 Å². The maximum absolute atomic E-state index is 8.86. The Morgan fingerprint density at radius 3 is 2.88 bits per heavy atom. The molecular weight excluding hydrogens is 220 g/mol. The molecule has 0 unspecified atom stereocenters. The minimum atomic E-state index is 0.629. The first kappa shape index (κ1) is 10.7. The van der Waals surface area contributed by atoms with E-state index in [1.165, 1.54) is 11.8 Å². The van der Waals surface area contributed by atoms with Crippen LogP contribution < -0.4 is 0 Å². The zero-order chi connectivity index (χ0) is 11.5. The molecule has 0 saturated carbocycles. The third kappa shape index (κ3) is 2.23. The number of imidazole rings is 1. The van der Waals surface area contributed by atoms with Crippen LogP contribution in [-0.4, -0.2) is 14.5 Å². The Morgan fingerprint density at radius 2 is 2.25 bits per heavy atom. The standard InChI is InChI=1S/C11H10N4S/c1-8-5-9(7-12)6-10(14-8)16-11-13-3-4-15(11)2/h3-6H,1-2H3. The van der Waals surface area contributed by atoms with Gasteiger partial charge in [0.1, 0.15) is 5.03 Å². The van der Waals surface area contributed by atoms with Gasteiger partial charge >= 0.3 is 0 Å². The number of pyridine rings is 1. The van der Waals surface area contributed by atoms with Gasteiger partial charge < -0.3 is 4.57 Å². The van der Waals surface area contributed by atoms with E-state index in [4.69, 9.17) is 5.26 Å². The molecule has 0 spiro atoms. The van der Waals surface area contributed by atoms with Gasteiger partial charge in [0.2, 0.25) is 0 Å². The summed E-state index contributed by atoms with van der Waals surface area (Å²) in [7, 11) is 1.93. The van der Waals surface area contributed by atoms with Gasteiger partial charge in [-0.25, -0.2) is 9.97 Å². The molecule has 0 N–H and O–H groups in total. The Morgan fingerprint density at radius 1 is 1.44 bits per heavy atom. The van der Waals surface area contributed by atoms with Gasteiger partial charge in [0.15, 0.2) is 5.16 Å². The zero-order valence-corrected chi connectivity index (χ0v) is 9.82. The molecule has 0 amide bonds. The van der Waals surface area contributed by atoms with E-state index >= 15 is 0 Å². The molecular formula is C11H10N4S. The number of aromatic nitrogens is 3. The highest BCUT2D eigenvalue weighted by molar-refractivity contribution is 7.99. The summed E-state index contributed by atoms with van der Waals surface area (Å²) >= 11 is 1.45. The first-order valence-electron chi connectivity index (χ1n) is 4.73. The smallest absolute Gasteiger partial charge is 0.174 e. The molecule has 0 aliphatic heterocycles. The number of hydrogen-bond acceptors (Lipinski definition) is 4. The first-order valence-corrected chi connectivity index (χ1v) is 5.54. The lowest BCUT2D eigenvalue weighted by Gasteiger charge is -2.02. The van der Waals surface area contributed by atoms with Gasteiger partial charge in [-0.05, 0) is 30.8 Å². The maximum atomic E-state index is 8.86.